The molecule has 1 aliphatic rings. The van der Waals surface area contributed by atoms with Crippen LogP contribution in [0.5, 0.6) is 0 Å². The fourth-order valence-electron chi connectivity index (χ4n) is 3.05. The summed E-state index contributed by atoms with van der Waals surface area (Å²) in [4.78, 5) is 12.0. The summed E-state index contributed by atoms with van der Waals surface area (Å²) in [5.74, 6) is 1.30. The van der Waals surface area contributed by atoms with Crippen LogP contribution in [-0.4, -0.2) is 27.5 Å². The van der Waals surface area contributed by atoms with Gasteiger partial charge >= 0.3 is 0 Å². The lowest BCUT2D eigenvalue weighted by Crippen LogP contribution is -2.29. The van der Waals surface area contributed by atoms with Crippen LogP contribution in [0.1, 0.15) is 33.1 Å². The first-order valence-electron chi connectivity index (χ1n) is 7.21. The van der Waals surface area contributed by atoms with Crippen molar-refractivity contribution in [3.05, 3.63) is 21.6 Å². The number of hydrogen-bond donors (Lipinski definition) is 2. The lowest BCUT2D eigenvalue weighted by Gasteiger charge is -2.22. The Balaban J connectivity index is 2.15. The van der Waals surface area contributed by atoms with Gasteiger partial charge in [-0.05, 0) is 24.7 Å². The standard InChI is InChI=1S/C14H22ClN3O2/c1-3-10-4-5-11(9(10)2)17-12-8-16-18(6-7-19)14(20)13(12)15/h8-11,17,19H,3-7H2,1-2H3. The number of nitrogens with zero attached hydrogens (tertiary/aromatic N) is 2. The van der Waals surface area contributed by atoms with Crippen molar-refractivity contribution in [2.24, 2.45) is 11.8 Å². The lowest BCUT2D eigenvalue weighted by atomic mass is 9.93. The van der Waals surface area contributed by atoms with Gasteiger partial charge in [-0.25, -0.2) is 4.68 Å². The molecule has 1 aliphatic carbocycles. The number of anilines is 1. The fourth-order valence-corrected chi connectivity index (χ4v) is 3.25. The van der Waals surface area contributed by atoms with Crippen LogP contribution < -0.4 is 10.9 Å². The highest BCUT2D eigenvalue weighted by Gasteiger charge is 2.31. The molecule has 2 N–H and O–H groups in total. The second-order valence-electron chi connectivity index (χ2n) is 5.48. The van der Waals surface area contributed by atoms with Gasteiger partial charge in [-0.3, -0.25) is 4.79 Å². The highest BCUT2D eigenvalue weighted by Crippen LogP contribution is 2.36. The zero-order chi connectivity index (χ0) is 14.7. The molecule has 1 aromatic heterocycles. The molecule has 20 heavy (non-hydrogen) atoms. The summed E-state index contributed by atoms with van der Waals surface area (Å²) in [6.07, 6.45) is 5.06. The van der Waals surface area contributed by atoms with E-state index in [4.69, 9.17) is 16.7 Å². The molecular weight excluding hydrogens is 278 g/mol. The highest BCUT2D eigenvalue weighted by atomic mass is 35.5. The normalized spacial score (nSPS) is 25.9. The van der Waals surface area contributed by atoms with E-state index < -0.39 is 0 Å². The Morgan fingerprint density at radius 1 is 1.55 bits per heavy atom. The molecule has 0 aromatic carbocycles. The molecule has 0 aliphatic heterocycles. The summed E-state index contributed by atoms with van der Waals surface area (Å²) in [7, 11) is 0. The molecule has 1 fully saturated rings. The van der Waals surface area contributed by atoms with E-state index >= 15 is 0 Å². The van der Waals surface area contributed by atoms with Crippen molar-refractivity contribution >= 4 is 17.3 Å². The first kappa shape index (κ1) is 15.3. The van der Waals surface area contributed by atoms with Gasteiger partial charge in [-0.2, -0.15) is 5.10 Å². The third kappa shape index (κ3) is 2.99. The number of aliphatic hydroxyl groups is 1. The molecule has 0 spiro atoms. The third-order valence-corrected chi connectivity index (χ3v) is 4.75. The third-order valence-electron chi connectivity index (χ3n) is 4.39. The predicted molar refractivity (Wildman–Crippen MR) is 80.2 cm³/mol. The quantitative estimate of drug-likeness (QED) is 0.874. The van der Waals surface area contributed by atoms with E-state index in [2.05, 4.69) is 24.3 Å². The molecule has 0 saturated heterocycles. The van der Waals surface area contributed by atoms with Crippen LogP contribution in [0.25, 0.3) is 0 Å². The molecule has 1 aromatic rings. The Morgan fingerprint density at radius 2 is 2.30 bits per heavy atom. The van der Waals surface area contributed by atoms with Crippen LogP contribution in [-0.2, 0) is 6.54 Å². The summed E-state index contributed by atoms with van der Waals surface area (Å²) in [6.45, 7) is 4.49. The first-order chi connectivity index (χ1) is 9.58. The molecule has 3 atom stereocenters. The maximum atomic E-state index is 12.0. The van der Waals surface area contributed by atoms with Crippen molar-refractivity contribution in [1.29, 1.82) is 0 Å². The largest absolute Gasteiger partial charge is 0.394 e. The van der Waals surface area contributed by atoms with Crippen LogP contribution in [0.2, 0.25) is 5.02 Å². The Hall–Kier alpha value is -1.07. The molecule has 2 rings (SSSR count). The SMILES string of the molecule is CCC1CCC(Nc2cnn(CCO)c(=O)c2Cl)C1C. The van der Waals surface area contributed by atoms with Crippen LogP contribution in [0.4, 0.5) is 5.69 Å². The number of aromatic nitrogens is 2. The highest BCUT2D eigenvalue weighted by molar-refractivity contribution is 6.32. The molecule has 1 saturated carbocycles. The second-order valence-corrected chi connectivity index (χ2v) is 5.86. The van der Waals surface area contributed by atoms with Crippen molar-refractivity contribution in [3.63, 3.8) is 0 Å². The molecule has 112 valence electrons. The van der Waals surface area contributed by atoms with E-state index in [0.29, 0.717) is 17.6 Å². The Bertz CT molecular complexity index is 518. The minimum atomic E-state index is -0.358. The van der Waals surface area contributed by atoms with E-state index in [1.165, 1.54) is 17.5 Å². The Kier molecular flexibility index (Phi) is 5.05. The maximum Gasteiger partial charge on any atom is 0.287 e. The molecule has 5 nitrogen and oxygen atoms in total. The molecule has 1 heterocycles. The Morgan fingerprint density at radius 3 is 2.90 bits per heavy atom. The summed E-state index contributed by atoms with van der Waals surface area (Å²) in [5.41, 5.74) is 0.239. The number of aliphatic hydroxyl groups excluding tert-OH is 1. The molecule has 0 bridgehead atoms. The van der Waals surface area contributed by atoms with Crippen molar-refractivity contribution in [3.8, 4) is 0 Å². The summed E-state index contributed by atoms with van der Waals surface area (Å²) in [5, 5.41) is 16.4. The van der Waals surface area contributed by atoms with Gasteiger partial charge in [0.05, 0.1) is 25.0 Å². The maximum absolute atomic E-state index is 12.0. The van der Waals surface area contributed by atoms with Crippen LogP contribution in [0, 0.1) is 11.8 Å². The van der Waals surface area contributed by atoms with Gasteiger partial charge in [0.25, 0.3) is 5.56 Å². The van der Waals surface area contributed by atoms with Crippen LogP contribution in [0.3, 0.4) is 0 Å². The smallest absolute Gasteiger partial charge is 0.287 e. The number of nitrogens with one attached hydrogen (secondary N) is 1. The van der Waals surface area contributed by atoms with Gasteiger partial charge in [-0.1, -0.05) is 31.9 Å². The van der Waals surface area contributed by atoms with Crippen molar-refractivity contribution < 1.29 is 5.11 Å². The first-order valence-corrected chi connectivity index (χ1v) is 7.59. The van der Waals surface area contributed by atoms with Gasteiger partial charge in [0.15, 0.2) is 0 Å². The second kappa shape index (κ2) is 6.59. The molecule has 0 radical (unpaired) electrons. The Labute approximate surface area is 124 Å². The van der Waals surface area contributed by atoms with E-state index in [9.17, 15) is 4.79 Å². The monoisotopic (exact) mass is 299 g/mol. The van der Waals surface area contributed by atoms with E-state index in [1.807, 2.05) is 0 Å². The molecular formula is C14H22ClN3O2. The fraction of sp³-hybridized carbons (Fsp3) is 0.714. The van der Waals surface area contributed by atoms with Gasteiger partial charge in [0.1, 0.15) is 5.02 Å². The van der Waals surface area contributed by atoms with Gasteiger partial charge in [-0.15, -0.1) is 0 Å². The zero-order valence-corrected chi connectivity index (χ0v) is 12.7. The number of rotatable bonds is 5. The van der Waals surface area contributed by atoms with Gasteiger partial charge in [0.2, 0.25) is 0 Å². The average molecular weight is 300 g/mol. The van der Waals surface area contributed by atoms with Crippen molar-refractivity contribution in [2.45, 2.75) is 45.7 Å². The average Bonchev–Trinajstić information content (AvgIpc) is 2.79. The van der Waals surface area contributed by atoms with Crippen LogP contribution >= 0.6 is 11.6 Å². The van der Waals surface area contributed by atoms with Gasteiger partial charge < -0.3 is 10.4 Å². The summed E-state index contributed by atoms with van der Waals surface area (Å²) in [6, 6.07) is 0.340. The minimum Gasteiger partial charge on any atom is -0.394 e. The van der Waals surface area contributed by atoms with Crippen molar-refractivity contribution in [1.82, 2.24) is 9.78 Å². The summed E-state index contributed by atoms with van der Waals surface area (Å²) < 4.78 is 1.18. The van der Waals surface area contributed by atoms with E-state index in [0.717, 1.165) is 12.3 Å². The van der Waals surface area contributed by atoms with Gasteiger partial charge in [0, 0.05) is 6.04 Å². The molecule has 3 unspecified atom stereocenters. The van der Waals surface area contributed by atoms with Crippen LogP contribution in [0.15, 0.2) is 11.0 Å². The van der Waals surface area contributed by atoms with E-state index in [-0.39, 0.29) is 23.7 Å². The lowest BCUT2D eigenvalue weighted by molar-refractivity contribution is 0.266. The van der Waals surface area contributed by atoms with E-state index in [1.54, 1.807) is 6.20 Å². The minimum absolute atomic E-state index is 0.131. The predicted octanol–water partition coefficient (Wildman–Crippen LogP) is 2.13. The topological polar surface area (TPSA) is 67.2 Å². The molecule has 6 heteroatoms. The zero-order valence-electron chi connectivity index (χ0n) is 12.0. The number of hydrogen-bond acceptors (Lipinski definition) is 4. The van der Waals surface area contributed by atoms with Crippen molar-refractivity contribution in [2.75, 3.05) is 11.9 Å². The summed E-state index contributed by atoms with van der Waals surface area (Å²) >= 11 is 6.11. The number of halogens is 1. The molecule has 0 amide bonds.